The van der Waals surface area contributed by atoms with Crippen molar-refractivity contribution in [3.63, 3.8) is 0 Å². The molecule has 1 N–H and O–H groups in total. The highest BCUT2D eigenvalue weighted by Crippen LogP contribution is 2.35. The number of benzene rings is 3. The Bertz CT molecular complexity index is 1740. The minimum absolute atomic E-state index is 0.177. The lowest BCUT2D eigenvalue weighted by atomic mass is 9.93. The van der Waals surface area contributed by atoms with Crippen molar-refractivity contribution in [1.82, 2.24) is 4.57 Å². The van der Waals surface area contributed by atoms with Gasteiger partial charge in [-0.15, -0.1) is 0 Å². The van der Waals surface area contributed by atoms with Crippen molar-refractivity contribution in [2.45, 2.75) is 13.0 Å². The van der Waals surface area contributed by atoms with Crippen LogP contribution >= 0.6 is 11.3 Å². The molecule has 0 amide bonds. The van der Waals surface area contributed by atoms with E-state index in [9.17, 15) is 14.4 Å². The highest BCUT2D eigenvalue weighted by atomic mass is 32.1. The second-order valence-electron chi connectivity index (χ2n) is 8.60. The predicted molar refractivity (Wildman–Crippen MR) is 147 cm³/mol. The molecule has 1 aliphatic heterocycles. The SMILES string of the molecule is CCOC(=O)C1=C(c2ccccc2)N=c2s/c(=C/c3cccc(OCC(=O)O)c3)c(=O)n2[C@@H]1c1ccccc1. The second-order valence-corrected chi connectivity index (χ2v) is 9.61. The van der Waals surface area contributed by atoms with E-state index in [1.54, 1.807) is 37.3 Å². The van der Waals surface area contributed by atoms with E-state index in [4.69, 9.17) is 19.6 Å². The van der Waals surface area contributed by atoms with Crippen molar-refractivity contribution in [3.05, 3.63) is 127 Å². The maximum Gasteiger partial charge on any atom is 0.341 e. The fraction of sp³-hybridized carbons (Fsp3) is 0.133. The van der Waals surface area contributed by atoms with Gasteiger partial charge in [-0.2, -0.15) is 0 Å². The molecule has 4 aromatic rings. The van der Waals surface area contributed by atoms with Crippen molar-refractivity contribution < 1.29 is 24.2 Å². The van der Waals surface area contributed by atoms with E-state index in [1.165, 1.54) is 15.9 Å². The standard InChI is InChI=1S/C30H24N2O6S/c1-2-37-29(36)25-26(20-11-5-3-6-12-20)31-30-32(27(25)21-13-7-4-8-14-21)28(35)23(39-30)17-19-10-9-15-22(16-19)38-18-24(33)34/h3-17,27H,2,18H2,1H3,(H,33,34)/b23-17+/t27-/m1/s1. The van der Waals surface area contributed by atoms with Gasteiger partial charge in [-0.05, 0) is 36.3 Å². The zero-order valence-corrected chi connectivity index (χ0v) is 21.8. The average Bonchev–Trinajstić information content (AvgIpc) is 3.26. The Labute approximate surface area is 227 Å². The van der Waals surface area contributed by atoms with E-state index in [-0.39, 0.29) is 17.7 Å². The molecule has 196 valence electrons. The zero-order chi connectivity index (χ0) is 27.4. The van der Waals surface area contributed by atoms with Gasteiger partial charge < -0.3 is 14.6 Å². The van der Waals surface area contributed by atoms with Gasteiger partial charge in [0.1, 0.15) is 5.75 Å². The van der Waals surface area contributed by atoms with Crippen molar-refractivity contribution in [2.24, 2.45) is 4.99 Å². The van der Waals surface area contributed by atoms with E-state index < -0.39 is 24.6 Å². The molecule has 1 atom stereocenters. The molecule has 1 aromatic heterocycles. The van der Waals surface area contributed by atoms with Gasteiger partial charge in [-0.1, -0.05) is 84.1 Å². The van der Waals surface area contributed by atoms with Crippen LogP contribution in [0.4, 0.5) is 0 Å². The summed E-state index contributed by atoms with van der Waals surface area (Å²) >= 11 is 1.21. The molecule has 39 heavy (non-hydrogen) atoms. The number of rotatable bonds is 8. The quantitative estimate of drug-likeness (QED) is 0.344. The zero-order valence-electron chi connectivity index (χ0n) is 20.9. The number of esters is 1. The van der Waals surface area contributed by atoms with Crippen LogP contribution in [-0.4, -0.2) is 34.8 Å². The predicted octanol–water partition coefficient (Wildman–Crippen LogP) is 3.40. The lowest BCUT2D eigenvalue weighted by Gasteiger charge is -2.25. The van der Waals surface area contributed by atoms with Crippen LogP contribution in [0.5, 0.6) is 5.75 Å². The summed E-state index contributed by atoms with van der Waals surface area (Å²) in [5.74, 6) is -1.25. The number of fused-ring (bicyclic) bond motifs is 1. The first-order chi connectivity index (χ1) is 19.0. The van der Waals surface area contributed by atoms with Crippen molar-refractivity contribution in [2.75, 3.05) is 13.2 Å². The normalized spacial score (nSPS) is 14.9. The summed E-state index contributed by atoms with van der Waals surface area (Å²) in [6.45, 7) is 1.44. The van der Waals surface area contributed by atoms with Gasteiger partial charge in [0.2, 0.25) is 0 Å². The van der Waals surface area contributed by atoms with E-state index in [0.29, 0.717) is 26.3 Å². The molecule has 8 nitrogen and oxygen atoms in total. The molecule has 0 spiro atoms. The van der Waals surface area contributed by atoms with Crippen LogP contribution in [0, 0.1) is 0 Å². The van der Waals surface area contributed by atoms with Crippen LogP contribution in [0.3, 0.4) is 0 Å². The third-order valence-electron chi connectivity index (χ3n) is 6.01. The van der Waals surface area contributed by atoms with Crippen LogP contribution < -0.4 is 19.6 Å². The minimum Gasteiger partial charge on any atom is -0.482 e. The molecule has 0 fully saturated rings. The van der Waals surface area contributed by atoms with Gasteiger partial charge in [-0.25, -0.2) is 14.6 Å². The van der Waals surface area contributed by atoms with Gasteiger partial charge in [0.25, 0.3) is 5.56 Å². The summed E-state index contributed by atoms with van der Waals surface area (Å²) in [5, 5.41) is 8.90. The average molecular weight is 541 g/mol. The molecule has 1 aliphatic rings. The Morgan fingerprint density at radius 2 is 1.74 bits per heavy atom. The number of hydrogen-bond acceptors (Lipinski definition) is 7. The van der Waals surface area contributed by atoms with Gasteiger partial charge >= 0.3 is 11.9 Å². The summed E-state index contributed by atoms with van der Waals surface area (Å²) in [5.41, 5.74) is 2.59. The third-order valence-corrected chi connectivity index (χ3v) is 6.99. The molecule has 2 heterocycles. The topological polar surface area (TPSA) is 107 Å². The van der Waals surface area contributed by atoms with Crippen molar-refractivity contribution in [3.8, 4) is 5.75 Å². The number of carboxylic acids is 1. The molecule has 0 unspecified atom stereocenters. The second kappa shape index (κ2) is 11.3. The molecule has 3 aromatic carbocycles. The number of carbonyl (C=O) groups excluding carboxylic acids is 1. The molecule has 0 saturated heterocycles. The first kappa shape index (κ1) is 25.9. The smallest absolute Gasteiger partial charge is 0.341 e. The minimum atomic E-state index is -1.08. The number of carboxylic acid groups (broad SMARTS) is 1. The summed E-state index contributed by atoms with van der Waals surface area (Å²) in [6.07, 6.45) is 1.70. The van der Waals surface area contributed by atoms with E-state index in [2.05, 4.69) is 0 Å². The van der Waals surface area contributed by atoms with Crippen molar-refractivity contribution >= 4 is 35.0 Å². The largest absolute Gasteiger partial charge is 0.482 e. The summed E-state index contributed by atoms with van der Waals surface area (Å²) < 4.78 is 12.7. The molecule has 0 saturated carbocycles. The number of nitrogens with zero attached hydrogens (tertiary/aromatic N) is 2. The Balaban J connectivity index is 1.73. The fourth-order valence-electron chi connectivity index (χ4n) is 4.38. The van der Waals surface area contributed by atoms with Gasteiger partial charge in [0.05, 0.1) is 28.5 Å². The van der Waals surface area contributed by atoms with Gasteiger partial charge in [0.15, 0.2) is 11.4 Å². The van der Waals surface area contributed by atoms with Crippen LogP contribution in [-0.2, 0) is 14.3 Å². The number of aromatic nitrogens is 1. The Morgan fingerprint density at radius 1 is 1.03 bits per heavy atom. The van der Waals surface area contributed by atoms with Crippen LogP contribution in [0.2, 0.25) is 0 Å². The third kappa shape index (κ3) is 5.44. The lowest BCUT2D eigenvalue weighted by Crippen LogP contribution is -2.39. The van der Waals surface area contributed by atoms with Crippen molar-refractivity contribution in [1.29, 1.82) is 0 Å². The molecule has 0 aliphatic carbocycles. The summed E-state index contributed by atoms with van der Waals surface area (Å²) in [6, 6.07) is 24.8. The monoisotopic (exact) mass is 540 g/mol. The van der Waals surface area contributed by atoms with E-state index in [0.717, 1.165) is 11.1 Å². The number of aliphatic carboxylic acids is 1. The Kier molecular flexibility index (Phi) is 7.51. The number of carbonyl (C=O) groups is 2. The van der Waals surface area contributed by atoms with Crippen LogP contribution in [0.15, 0.2) is 100 Å². The van der Waals surface area contributed by atoms with Crippen LogP contribution in [0.1, 0.15) is 29.7 Å². The van der Waals surface area contributed by atoms with Crippen LogP contribution in [0.25, 0.3) is 11.8 Å². The highest BCUT2D eigenvalue weighted by molar-refractivity contribution is 7.07. The van der Waals surface area contributed by atoms with Gasteiger partial charge in [0, 0.05) is 5.56 Å². The number of thiazole rings is 1. The fourth-order valence-corrected chi connectivity index (χ4v) is 5.38. The van der Waals surface area contributed by atoms with Gasteiger partial charge in [-0.3, -0.25) is 9.36 Å². The maximum atomic E-state index is 13.9. The molecule has 5 rings (SSSR count). The number of ether oxygens (including phenoxy) is 2. The highest BCUT2D eigenvalue weighted by Gasteiger charge is 2.35. The summed E-state index contributed by atoms with van der Waals surface area (Å²) in [7, 11) is 0. The van der Waals surface area contributed by atoms with E-state index >= 15 is 0 Å². The Morgan fingerprint density at radius 3 is 2.44 bits per heavy atom. The lowest BCUT2D eigenvalue weighted by molar-refractivity contribution is -0.140. The first-order valence-corrected chi connectivity index (χ1v) is 13.1. The molecule has 9 heteroatoms. The molecular weight excluding hydrogens is 516 g/mol. The first-order valence-electron chi connectivity index (χ1n) is 12.2. The molecular formula is C30H24N2O6S. The number of hydrogen-bond donors (Lipinski definition) is 1. The summed E-state index contributed by atoms with van der Waals surface area (Å²) in [4.78, 5) is 43.4. The maximum absolute atomic E-state index is 13.9. The Hall–Kier alpha value is -4.76. The molecule has 0 radical (unpaired) electrons. The molecule has 0 bridgehead atoms. The van der Waals surface area contributed by atoms with E-state index in [1.807, 2.05) is 60.7 Å².